The molecule has 0 radical (unpaired) electrons. The average molecular weight is 675 g/mol. The first-order valence-electron chi connectivity index (χ1n) is 17.6. The van der Waals surface area contributed by atoms with Gasteiger partial charge in [-0.15, -0.1) is 0 Å². The van der Waals surface area contributed by atoms with E-state index >= 15 is 4.39 Å². The molecule has 3 N–H and O–H groups in total. The van der Waals surface area contributed by atoms with Crippen LogP contribution in [0, 0.1) is 11.3 Å². The molecule has 49 heavy (non-hydrogen) atoms. The lowest BCUT2D eigenvalue weighted by Crippen LogP contribution is -2.46. The number of H-pyrrole nitrogens is 1. The number of benzene rings is 1. The van der Waals surface area contributed by atoms with E-state index in [1.807, 2.05) is 12.1 Å². The summed E-state index contributed by atoms with van der Waals surface area (Å²) in [5.74, 6) is -0.449. The molecule has 1 aromatic carbocycles. The Hall–Kier alpha value is -4.10. The Morgan fingerprint density at radius 1 is 1.10 bits per heavy atom. The Bertz CT molecular complexity index is 1660. The van der Waals surface area contributed by atoms with E-state index in [0.29, 0.717) is 49.7 Å². The highest BCUT2D eigenvalue weighted by atomic mass is 19.1. The Kier molecular flexibility index (Phi) is 9.56. The molecule has 262 valence electrons. The molecule has 3 saturated heterocycles. The molecule has 1 unspecified atom stereocenters. The third-order valence-corrected chi connectivity index (χ3v) is 11.1. The fourth-order valence-corrected chi connectivity index (χ4v) is 8.28. The van der Waals surface area contributed by atoms with Crippen LogP contribution in [-0.4, -0.2) is 95.2 Å². The van der Waals surface area contributed by atoms with Gasteiger partial charge in [0.15, 0.2) is 5.69 Å². The van der Waals surface area contributed by atoms with Crippen LogP contribution in [0.5, 0.6) is 0 Å². The fraction of sp³-hybridized carbons (Fsp3) is 0.583. The highest BCUT2D eigenvalue weighted by molar-refractivity contribution is 6.04. The minimum absolute atomic E-state index is 0.0241. The number of hydrogen-bond donors (Lipinski definition) is 3. The molecule has 7 rings (SSSR count). The van der Waals surface area contributed by atoms with E-state index in [-0.39, 0.29) is 35.1 Å². The van der Waals surface area contributed by atoms with E-state index in [0.717, 1.165) is 80.8 Å². The topological polar surface area (TPSA) is 137 Å². The molecule has 13 heteroatoms. The van der Waals surface area contributed by atoms with E-state index in [9.17, 15) is 14.4 Å². The van der Waals surface area contributed by atoms with Crippen molar-refractivity contribution >= 4 is 29.1 Å². The first kappa shape index (κ1) is 33.4. The van der Waals surface area contributed by atoms with Crippen LogP contribution in [0.25, 0.3) is 0 Å². The number of methoxy groups -OCH3 is 1. The van der Waals surface area contributed by atoms with Crippen LogP contribution in [0.4, 0.5) is 15.8 Å². The number of ether oxygens (including phenoxy) is 1. The summed E-state index contributed by atoms with van der Waals surface area (Å²) < 4.78 is 22.6. The Labute approximate surface area is 286 Å². The van der Waals surface area contributed by atoms with Gasteiger partial charge in [-0.3, -0.25) is 29.5 Å². The lowest BCUT2D eigenvalue weighted by molar-refractivity contribution is -0.134. The molecule has 3 amide bonds. The monoisotopic (exact) mass is 674 g/mol. The number of hydrogen-bond acceptors (Lipinski definition) is 8. The summed E-state index contributed by atoms with van der Waals surface area (Å²) in [6.07, 6.45) is 8.39. The summed E-state index contributed by atoms with van der Waals surface area (Å²) >= 11 is 0. The van der Waals surface area contributed by atoms with E-state index in [4.69, 9.17) is 4.74 Å². The number of rotatable bonds is 9. The molecule has 0 spiro atoms. The van der Waals surface area contributed by atoms with Gasteiger partial charge in [0.2, 0.25) is 11.8 Å². The van der Waals surface area contributed by atoms with Crippen molar-refractivity contribution in [3.05, 3.63) is 59.2 Å². The van der Waals surface area contributed by atoms with Crippen LogP contribution in [0.3, 0.4) is 0 Å². The Morgan fingerprint density at radius 2 is 1.90 bits per heavy atom. The van der Waals surface area contributed by atoms with Gasteiger partial charge in [-0.25, -0.2) is 4.39 Å². The first-order valence-corrected chi connectivity index (χ1v) is 17.6. The van der Waals surface area contributed by atoms with Crippen LogP contribution in [0.15, 0.2) is 36.7 Å². The molecule has 4 atom stereocenters. The lowest BCUT2D eigenvalue weighted by Gasteiger charge is -2.39. The van der Waals surface area contributed by atoms with Crippen molar-refractivity contribution in [2.75, 3.05) is 56.7 Å². The van der Waals surface area contributed by atoms with Crippen LogP contribution >= 0.6 is 0 Å². The highest BCUT2D eigenvalue weighted by Gasteiger charge is 2.35. The minimum Gasteiger partial charge on any atom is -0.384 e. The third kappa shape index (κ3) is 7.28. The standard InChI is InChI=1S/C36H47FN8O4/c1-36(22-49-2)13-9-28-30(17-36)41-42-33(28)35(48)39-25-18-38-45(20-25)31-12-14-43(21-29(31)37)19-23-10-15-44(16-11-23)26-5-3-24(4-6-26)27-7-8-32(46)40-34(27)47/h3-6,18,20,23,27,29,31H,7-17,19,21-22H2,1-2H3,(H,39,48)(H,41,42)(H,40,46,47)/t27?,29-,31-,36-/m1/s1. The third-order valence-electron chi connectivity index (χ3n) is 11.1. The number of aromatic nitrogens is 4. The number of likely N-dealkylation sites (tertiary alicyclic amines) is 1. The summed E-state index contributed by atoms with van der Waals surface area (Å²) in [7, 11) is 1.71. The van der Waals surface area contributed by atoms with Crippen molar-refractivity contribution in [3.8, 4) is 0 Å². The molecule has 4 aliphatic rings. The van der Waals surface area contributed by atoms with Gasteiger partial charge in [0.05, 0.1) is 30.5 Å². The van der Waals surface area contributed by atoms with Gasteiger partial charge in [0, 0.05) is 69.4 Å². The molecule has 1 aliphatic carbocycles. The van der Waals surface area contributed by atoms with Crippen molar-refractivity contribution < 1.29 is 23.5 Å². The smallest absolute Gasteiger partial charge is 0.276 e. The number of fused-ring (bicyclic) bond motifs is 1. The quantitative estimate of drug-likeness (QED) is 0.290. The number of halogens is 1. The zero-order chi connectivity index (χ0) is 34.1. The molecule has 3 aliphatic heterocycles. The van der Waals surface area contributed by atoms with Crippen LogP contribution in [-0.2, 0) is 27.2 Å². The van der Waals surface area contributed by atoms with E-state index in [1.54, 1.807) is 24.2 Å². The number of alkyl halides is 1. The number of carbonyl (C=O) groups is 3. The number of nitrogens with one attached hydrogen (secondary N) is 3. The normalized spacial score (nSPS) is 26.8. The number of nitrogens with zero attached hydrogens (tertiary/aromatic N) is 5. The molecule has 2 aromatic heterocycles. The van der Waals surface area contributed by atoms with Gasteiger partial charge in [-0.2, -0.15) is 10.2 Å². The van der Waals surface area contributed by atoms with Crippen molar-refractivity contribution in [1.29, 1.82) is 0 Å². The summed E-state index contributed by atoms with van der Waals surface area (Å²) in [4.78, 5) is 41.5. The predicted octanol–water partition coefficient (Wildman–Crippen LogP) is 4.02. The summed E-state index contributed by atoms with van der Waals surface area (Å²) in [5, 5.41) is 17.2. The van der Waals surface area contributed by atoms with Gasteiger partial charge in [0.25, 0.3) is 5.91 Å². The minimum atomic E-state index is -1.06. The van der Waals surface area contributed by atoms with Gasteiger partial charge < -0.3 is 19.9 Å². The summed E-state index contributed by atoms with van der Waals surface area (Å²) in [6.45, 7) is 6.78. The van der Waals surface area contributed by atoms with Crippen molar-refractivity contribution in [2.24, 2.45) is 11.3 Å². The maximum atomic E-state index is 15.6. The molecule has 12 nitrogen and oxygen atoms in total. The lowest BCUT2D eigenvalue weighted by atomic mass is 9.75. The second-order valence-corrected chi connectivity index (χ2v) is 14.8. The molecule has 0 bridgehead atoms. The summed E-state index contributed by atoms with van der Waals surface area (Å²) in [5.41, 5.74) is 5.01. The highest BCUT2D eigenvalue weighted by Crippen LogP contribution is 2.36. The number of imide groups is 1. The maximum absolute atomic E-state index is 15.6. The average Bonchev–Trinajstić information content (AvgIpc) is 3.72. The van der Waals surface area contributed by atoms with Gasteiger partial charge in [-0.1, -0.05) is 19.1 Å². The molecule has 0 saturated carbocycles. The molecular formula is C36H47FN8O4. The second kappa shape index (κ2) is 14.0. The number of aromatic amines is 1. The fourth-order valence-electron chi connectivity index (χ4n) is 8.28. The van der Waals surface area contributed by atoms with Crippen LogP contribution < -0.4 is 15.5 Å². The van der Waals surface area contributed by atoms with Crippen LogP contribution in [0.2, 0.25) is 0 Å². The van der Waals surface area contributed by atoms with Crippen LogP contribution in [0.1, 0.15) is 84.7 Å². The van der Waals surface area contributed by atoms with Gasteiger partial charge >= 0.3 is 0 Å². The van der Waals surface area contributed by atoms with E-state index in [1.165, 1.54) is 0 Å². The predicted molar refractivity (Wildman–Crippen MR) is 182 cm³/mol. The number of anilines is 2. The molecule has 5 heterocycles. The number of piperidine rings is 3. The Balaban J connectivity index is 0.866. The Morgan fingerprint density at radius 3 is 2.63 bits per heavy atom. The van der Waals surface area contributed by atoms with E-state index in [2.05, 4.69) is 54.8 Å². The summed E-state index contributed by atoms with van der Waals surface area (Å²) in [6, 6.07) is 7.80. The first-order chi connectivity index (χ1) is 23.7. The number of amides is 3. The van der Waals surface area contributed by atoms with E-state index < -0.39 is 6.17 Å². The zero-order valence-electron chi connectivity index (χ0n) is 28.4. The van der Waals surface area contributed by atoms with Crippen molar-refractivity contribution in [1.82, 2.24) is 30.2 Å². The van der Waals surface area contributed by atoms with Gasteiger partial charge in [-0.05, 0) is 74.0 Å². The molecule has 3 aromatic rings. The van der Waals surface area contributed by atoms with Crippen molar-refractivity contribution in [2.45, 2.75) is 76.4 Å². The maximum Gasteiger partial charge on any atom is 0.276 e. The largest absolute Gasteiger partial charge is 0.384 e. The second-order valence-electron chi connectivity index (χ2n) is 14.8. The molecular weight excluding hydrogens is 627 g/mol. The zero-order valence-corrected chi connectivity index (χ0v) is 28.4. The SMILES string of the molecule is COC[C@]1(C)CCc2c(C(=O)Nc3cnn([C@@H]4CCN(CC5CCN(c6ccc(C7CCC(=O)NC7=O)cc6)CC5)C[C@H]4F)c3)n[nH]c2C1. The van der Waals surface area contributed by atoms with Crippen molar-refractivity contribution in [3.63, 3.8) is 0 Å². The van der Waals surface area contributed by atoms with Gasteiger partial charge in [0.1, 0.15) is 6.17 Å². The molecule has 3 fully saturated rings. The number of carbonyl (C=O) groups excluding carboxylic acids is 3.